The van der Waals surface area contributed by atoms with Gasteiger partial charge in [-0.2, -0.15) is 0 Å². The van der Waals surface area contributed by atoms with Crippen LogP contribution in [0.2, 0.25) is 0 Å². The van der Waals surface area contributed by atoms with E-state index in [1.54, 1.807) is 6.92 Å². The number of rotatable bonds is 25. The van der Waals surface area contributed by atoms with E-state index in [1.807, 2.05) is 0 Å². The molecule has 1 heterocycles. The molecule has 1 fully saturated rings. The Morgan fingerprint density at radius 2 is 1.32 bits per heavy atom. The fourth-order valence-electron chi connectivity index (χ4n) is 4.58. The standard InChI is InChI=1S/C34H58O10/c1-3-5-6-7-8-9-10-11-12-13-14-15-16-17-18-19-20-21-22-23-30(37)43-27(25-41-29(36)4-2)26-42-34-33(40)32(39)31(38)28(24-35)44-34/h8-9,11-12,14-15,27-28,31-35,38-40H,3-7,10,13,16-26H2,1-2H3/b9-8-,12-11-,15-14-. The summed E-state index contributed by atoms with van der Waals surface area (Å²) in [5.41, 5.74) is 0. The zero-order chi connectivity index (χ0) is 32.4. The first-order valence-electron chi connectivity index (χ1n) is 16.6. The van der Waals surface area contributed by atoms with Gasteiger partial charge in [0.25, 0.3) is 0 Å². The Labute approximate surface area is 264 Å². The Hall–Kier alpha value is -2.08. The van der Waals surface area contributed by atoms with Crippen molar-refractivity contribution in [2.75, 3.05) is 19.8 Å². The van der Waals surface area contributed by atoms with Crippen molar-refractivity contribution in [3.8, 4) is 0 Å². The van der Waals surface area contributed by atoms with Crippen LogP contribution in [0.25, 0.3) is 0 Å². The highest BCUT2D eigenvalue weighted by molar-refractivity contribution is 5.70. The highest BCUT2D eigenvalue weighted by atomic mass is 16.7. The lowest BCUT2D eigenvalue weighted by Crippen LogP contribution is -2.59. The van der Waals surface area contributed by atoms with E-state index < -0.39 is 55.4 Å². The maximum absolute atomic E-state index is 12.4. The van der Waals surface area contributed by atoms with Gasteiger partial charge >= 0.3 is 11.9 Å². The van der Waals surface area contributed by atoms with E-state index in [2.05, 4.69) is 43.4 Å². The molecule has 0 aliphatic carbocycles. The van der Waals surface area contributed by atoms with Gasteiger partial charge in [0.15, 0.2) is 12.4 Å². The summed E-state index contributed by atoms with van der Waals surface area (Å²) in [6.45, 7) is 2.75. The lowest BCUT2D eigenvalue weighted by molar-refractivity contribution is -0.305. The number of hydrogen-bond acceptors (Lipinski definition) is 10. The molecular weight excluding hydrogens is 568 g/mol. The predicted molar refractivity (Wildman–Crippen MR) is 169 cm³/mol. The second-order valence-corrected chi connectivity index (χ2v) is 11.2. The molecule has 6 unspecified atom stereocenters. The zero-order valence-electron chi connectivity index (χ0n) is 26.9. The lowest BCUT2D eigenvalue weighted by Gasteiger charge is -2.39. The third-order valence-corrected chi connectivity index (χ3v) is 7.33. The molecule has 0 saturated carbocycles. The van der Waals surface area contributed by atoms with Crippen LogP contribution < -0.4 is 0 Å². The van der Waals surface area contributed by atoms with Gasteiger partial charge in [0, 0.05) is 12.8 Å². The maximum atomic E-state index is 12.4. The second kappa shape index (κ2) is 26.2. The molecule has 1 saturated heterocycles. The number of allylic oxidation sites excluding steroid dienone is 6. The Morgan fingerprint density at radius 3 is 1.93 bits per heavy atom. The Balaban J connectivity index is 2.21. The average molecular weight is 627 g/mol. The molecule has 254 valence electrons. The highest BCUT2D eigenvalue weighted by Gasteiger charge is 2.44. The van der Waals surface area contributed by atoms with Crippen LogP contribution in [0.15, 0.2) is 36.5 Å². The third kappa shape index (κ3) is 18.7. The van der Waals surface area contributed by atoms with Crippen LogP contribution in [0, 0.1) is 0 Å². The van der Waals surface area contributed by atoms with Crippen molar-refractivity contribution in [1.29, 1.82) is 0 Å². The predicted octanol–water partition coefficient (Wildman–Crippen LogP) is 4.82. The summed E-state index contributed by atoms with van der Waals surface area (Å²) < 4.78 is 21.4. The number of carbonyl (C=O) groups excluding carboxylic acids is 2. The number of ether oxygens (including phenoxy) is 4. The molecular formula is C34H58O10. The van der Waals surface area contributed by atoms with Gasteiger partial charge in [-0.15, -0.1) is 0 Å². The molecule has 0 spiro atoms. The molecule has 1 aliphatic heterocycles. The smallest absolute Gasteiger partial charge is 0.306 e. The van der Waals surface area contributed by atoms with E-state index >= 15 is 0 Å². The molecule has 1 rings (SSSR count). The summed E-state index contributed by atoms with van der Waals surface area (Å²) in [6.07, 6.45) is 19.7. The summed E-state index contributed by atoms with van der Waals surface area (Å²) in [7, 11) is 0. The topological polar surface area (TPSA) is 152 Å². The van der Waals surface area contributed by atoms with Crippen molar-refractivity contribution >= 4 is 11.9 Å². The summed E-state index contributed by atoms with van der Waals surface area (Å²) >= 11 is 0. The van der Waals surface area contributed by atoms with Crippen LogP contribution >= 0.6 is 0 Å². The SMILES string of the molecule is CCCCC/C=C\C/C=C\C/C=C\CCCCCCCCC(=O)OC(COC(=O)CC)COC1OC(CO)C(O)C(O)C1O. The monoisotopic (exact) mass is 626 g/mol. The number of aliphatic hydroxyl groups excluding tert-OH is 4. The second-order valence-electron chi connectivity index (χ2n) is 11.2. The van der Waals surface area contributed by atoms with Crippen LogP contribution in [0.1, 0.15) is 110 Å². The van der Waals surface area contributed by atoms with Crippen molar-refractivity contribution in [3.05, 3.63) is 36.5 Å². The maximum Gasteiger partial charge on any atom is 0.306 e. The van der Waals surface area contributed by atoms with Crippen LogP contribution in [-0.4, -0.2) is 89.0 Å². The fraction of sp³-hybridized carbons (Fsp3) is 0.765. The van der Waals surface area contributed by atoms with Crippen molar-refractivity contribution in [2.45, 2.75) is 147 Å². The molecule has 0 radical (unpaired) electrons. The Kier molecular flexibility index (Phi) is 23.8. The number of unbranched alkanes of at least 4 members (excludes halogenated alkanes) is 9. The molecule has 44 heavy (non-hydrogen) atoms. The van der Waals surface area contributed by atoms with Crippen molar-refractivity contribution < 1.29 is 49.0 Å². The molecule has 0 aromatic rings. The molecule has 6 atom stereocenters. The highest BCUT2D eigenvalue weighted by Crippen LogP contribution is 2.22. The number of hydrogen-bond donors (Lipinski definition) is 4. The Morgan fingerprint density at radius 1 is 0.727 bits per heavy atom. The molecule has 0 aromatic heterocycles. The van der Waals surface area contributed by atoms with Crippen molar-refractivity contribution in [2.24, 2.45) is 0 Å². The van der Waals surface area contributed by atoms with E-state index in [-0.39, 0.29) is 26.1 Å². The first-order valence-corrected chi connectivity index (χ1v) is 16.6. The van der Waals surface area contributed by atoms with Gasteiger partial charge in [-0.05, 0) is 44.9 Å². The van der Waals surface area contributed by atoms with Gasteiger partial charge in [0.2, 0.25) is 0 Å². The molecule has 0 amide bonds. The van der Waals surface area contributed by atoms with Gasteiger partial charge in [0.05, 0.1) is 13.2 Å². The van der Waals surface area contributed by atoms with Crippen molar-refractivity contribution in [3.63, 3.8) is 0 Å². The lowest BCUT2D eigenvalue weighted by atomic mass is 9.99. The van der Waals surface area contributed by atoms with E-state index in [0.29, 0.717) is 6.42 Å². The number of carbonyl (C=O) groups is 2. The van der Waals surface area contributed by atoms with Crippen molar-refractivity contribution in [1.82, 2.24) is 0 Å². The van der Waals surface area contributed by atoms with Gasteiger partial charge in [0.1, 0.15) is 31.0 Å². The van der Waals surface area contributed by atoms with Crippen LogP contribution in [-0.2, 0) is 28.5 Å². The van der Waals surface area contributed by atoms with Gasteiger partial charge < -0.3 is 39.4 Å². The van der Waals surface area contributed by atoms with E-state index in [1.165, 1.54) is 25.7 Å². The molecule has 10 nitrogen and oxygen atoms in total. The minimum Gasteiger partial charge on any atom is -0.462 e. The summed E-state index contributed by atoms with van der Waals surface area (Å²) in [4.78, 5) is 24.1. The van der Waals surface area contributed by atoms with E-state index in [0.717, 1.165) is 51.4 Å². The van der Waals surface area contributed by atoms with Gasteiger partial charge in [-0.3, -0.25) is 9.59 Å². The molecule has 1 aliphatic rings. The normalized spacial score (nSPS) is 23.1. The minimum absolute atomic E-state index is 0.152. The quantitative estimate of drug-likeness (QED) is 0.0631. The van der Waals surface area contributed by atoms with Crippen LogP contribution in [0.3, 0.4) is 0 Å². The largest absolute Gasteiger partial charge is 0.462 e. The molecule has 0 bridgehead atoms. The van der Waals surface area contributed by atoms with Gasteiger partial charge in [-0.1, -0.05) is 88.8 Å². The number of aliphatic hydroxyl groups is 4. The van der Waals surface area contributed by atoms with Crippen LogP contribution in [0.5, 0.6) is 0 Å². The van der Waals surface area contributed by atoms with E-state index in [4.69, 9.17) is 18.9 Å². The van der Waals surface area contributed by atoms with Gasteiger partial charge in [-0.25, -0.2) is 0 Å². The first-order chi connectivity index (χ1) is 21.3. The zero-order valence-corrected chi connectivity index (χ0v) is 26.9. The third-order valence-electron chi connectivity index (χ3n) is 7.33. The van der Waals surface area contributed by atoms with E-state index in [9.17, 15) is 30.0 Å². The Bertz CT molecular complexity index is 825. The summed E-state index contributed by atoms with van der Waals surface area (Å²) in [6, 6.07) is 0. The minimum atomic E-state index is -1.59. The summed E-state index contributed by atoms with van der Waals surface area (Å²) in [5, 5.41) is 39.3. The average Bonchev–Trinajstić information content (AvgIpc) is 3.02. The molecule has 4 N–H and O–H groups in total. The molecule has 0 aromatic carbocycles. The first kappa shape index (κ1) is 39.9. The molecule has 10 heteroatoms. The fourth-order valence-corrected chi connectivity index (χ4v) is 4.58. The number of esters is 2. The summed E-state index contributed by atoms with van der Waals surface area (Å²) in [5.74, 6) is -0.926. The van der Waals surface area contributed by atoms with Crippen LogP contribution in [0.4, 0.5) is 0 Å².